The lowest BCUT2D eigenvalue weighted by Crippen LogP contribution is -2.57. The zero-order chi connectivity index (χ0) is 9.31. The van der Waals surface area contributed by atoms with E-state index in [1.165, 1.54) is 6.42 Å². The Morgan fingerprint density at radius 3 is 2.62 bits per heavy atom. The molecule has 0 spiro atoms. The van der Waals surface area contributed by atoms with Gasteiger partial charge in [-0.05, 0) is 25.7 Å². The minimum Gasteiger partial charge on any atom is -0.368 e. The van der Waals surface area contributed by atoms with Crippen molar-refractivity contribution in [2.45, 2.75) is 50.7 Å². The number of hydrogen-bond acceptors (Lipinski definition) is 2. The average molecular weight is 183 g/mol. The minimum atomic E-state index is -0.149. The first kappa shape index (κ1) is 9.00. The molecule has 1 aliphatic heterocycles. The van der Waals surface area contributed by atoms with Crippen LogP contribution in [0.25, 0.3) is 0 Å². The van der Waals surface area contributed by atoms with E-state index in [4.69, 9.17) is 4.74 Å². The number of carbonyl (C=O) groups excluding carboxylic acids is 1. The average Bonchev–Trinajstić information content (AvgIpc) is 1.93. The summed E-state index contributed by atoms with van der Waals surface area (Å²) in [7, 11) is 0. The van der Waals surface area contributed by atoms with Crippen LogP contribution in [0.15, 0.2) is 0 Å². The van der Waals surface area contributed by atoms with E-state index in [1.807, 2.05) is 0 Å². The molecule has 1 N–H and O–H groups in total. The zero-order valence-electron chi connectivity index (χ0n) is 8.14. The summed E-state index contributed by atoms with van der Waals surface area (Å²) >= 11 is 0. The number of ether oxygens (including phenoxy) is 1. The van der Waals surface area contributed by atoms with E-state index in [1.54, 1.807) is 0 Å². The summed E-state index contributed by atoms with van der Waals surface area (Å²) in [5.41, 5.74) is 0.121. The number of amides is 1. The molecule has 1 aliphatic carbocycles. The summed E-state index contributed by atoms with van der Waals surface area (Å²) in [5.74, 6) is 0.104. The molecule has 0 aromatic carbocycles. The van der Waals surface area contributed by atoms with E-state index >= 15 is 0 Å². The number of hydrogen-bond donors (Lipinski definition) is 1. The van der Waals surface area contributed by atoms with Gasteiger partial charge in [0.2, 0.25) is 5.91 Å². The molecular weight excluding hydrogens is 166 g/mol. The Morgan fingerprint density at radius 1 is 1.62 bits per heavy atom. The van der Waals surface area contributed by atoms with Crippen molar-refractivity contribution in [1.29, 1.82) is 0 Å². The van der Waals surface area contributed by atoms with Crippen LogP contribution in [0.3, 0.4) is 0 Å². The third-order valence-corrected chi connectivity index (χ3v) is 3.37. The van der Waals surface area contributed by atoms with Crippen LogP contribution < -0.4 is 5.32 Å². The van der Waals surface area contributed by atoms with Crippen molar-refractivity contribution < 1.29 is 9.53 Å². The predicted octanol–water partition coefficient (Wildman–Crippen LogP) is 1.22. The molecule has 1 amide bonds. The second-order valence-corrected chi connectivity index (χ2v) is 4.12. The van der Waals surface area contributed by atoms with Gasteiger partial charge in [-0.2, -0.15) is 0 Å². The Balaban J connectivity index is 1.84. The van der Waals surface area contributed by atoms with Crippen LogP contribution in [0, 0.1) is 0 Å². The maximum absolute atomic E-state index is 11.6. The molecule has 3 heteroatoms. The number of carbonyl (C=O) groups is 1. The molecule has 2 rings (SSSR count). The van der Waals surface area contributed by atoms with Crippen molar-refractivity contribution in [3.63, 3.8) is 0 Å². The first-order valence-corrected chi connectivity index (χ1v) is 5.19. The van der Waals surface area contributed by atoms with E-state index in [-0.39, 0.29) is 17.6 Å². The lowest BCUT2D eigenvalue weighted by Gasteiger charge is -2.43. The predicted molar refractivity (Wildman–Crippen MR) is 49.4 cm³/mol. The molecule has 0 bridgehead atoms. The lowest BCUT2D eigenvalue weighted by atomic mass is 9.74. The van der Waals surface area contributed by atoms with Gasteiger partial charge in [-0.25, -0.2) is 0 Å². The molecule has 3 nitrogen and oxygen atoms in total. The fourth-order valence-electron chi connectivity index (χ4n) is 1.95. The maximum atomic E-state index is 11.6. The van der Waals surface area contributed by atoms with Gasteiger partial charge in [0.05, 0.1) is 6.61 Å². The lowest BCUT2D eigenvalue weighted by molar-refractivity contribution is -0.148. The van der Waals surface area contributed by atoms with E-state index in [2.05, 4.69) is 12.2 Å². The van der Waals surface area contributed by atoms with Gasteiger partial charge in [-0.1, -0.05) is 6.92 Å². The van der Waals surface area contributed by atoms with E-state index < -0.39 is 0 Å². The van der Waals surface area contributed by atoms with Gasteiger partial charge in [0, 0.05) is 12.0 Å². The standard InChI is InChI=1S/C10H17NO2/c1-2-10(5-3-6-10)11-9(12)8-4-7-13-8/h8H,2-7H2,1H3,(H,11,12). The van der Waals surface area contributed by atoms with Crippen molar-refractivity contribution in [3.05, 3.63) is 0 Å². The van der Waals surface area contributed by atoms with E-state index in [9.17, 15) is 4.79 Å². The molecule has 1 unspecified atom stereocenters. The molecule has 2 fully saturated rings. The fourth-order valence-corrected chi connectivity index (χ4v) is 1.95. The zero-order valence-corrected chi connectivity index (χ0v) is 8.14. The molecule has 1 atom stereocenters. The van der Waals surface area contributed by atoms with Crippen molar-refractivity contribution in [1.82, 2.24) is 5.32 Å². The Kier molecular flexibility index (Phi) is 2.28. The van der Waals surface area contributed by atoms with Crippen molar-refractivity contribution in [2.75, 3.05) is 6.61 Å². The molecule has 0 aromatic heterocycles. The summed E-state index contributed by atoms with van der Waals surface area (Å²) in [6.45, 7) is 2.89. The molecular formula is C10H17NO2. The van der Waals surface area contributed by atoms with Crippen LogP contribution in [-0.2, 0) is 9.53 Å². The molecule has 0 aromatic rings. The van der Waals surface area contributed by atoms with Crippen LogP contribution in [0.4, 0.5) is 0 Å². The van der Waals surface area contributed by atoms with Gasteiger partial charge in [0.15, 0.2) is 0 Å². The minimum absolute atomic E-state index is 0.104. The van der Waals surface area contributed by atoms with Gasteiger partial charge in [-0.3, -0.25) is 4.79 Å². The number of nitrogens with one attached hydrogen (secondary N) is 1. The first-order valence-electron chi connectivity index (χ1n) is 5.19. The third kappa shape index (κ3) is 1.57. The van der Waals surface area contributed by atoms with Gasteiger partial charge >= 0.3 is 0 Å². The SMILES string of the molecule is CCC1(NC(=O)C2CCO2)CCC1. The van der Waals surface area contributed by atoms with Crippen LogP contribution >= 0.6 is 0 Å². The van der Waals surface area contributed by atoms with Crippen LogP contribution in [0.2, 0.25) is 0 Å². The first-order chi connectivity index (χ1) is 6.26. The highest BCUT2D eigenvalue weighted by Gasteiger charge is 2.39. The summed E-state index contributed by atoms with van der Waals surface area (Å²) in [6, 6.07) is 0. The monoisotopic (exact) mass is 183 g/mol. The largest absolute Gasteiger partial charge is 0.368 e. The summed E-state index contributed by atoms with van der Waals surface area (Å²) in [6.07, 6.45) is 5.32. The normalized spacial score (nSPS) is 30.1. The second-order valence-electron chi connectivity index (χ2n) is 4.12. The Bertz CT molecular complexity index is 201. The maximum Gasteiger partial charge on any atom is 0.249 e. The highest BCUT2D eigenvalue weighted by molar-refractivity contribution is 5.82. The highest BCUT2D eigenvalue weighted by atomic mass is 16.5. The van der Waals surface area contributed by atoms with Crippen LogP contribution in [0.1, 0.15) is 39.0 Å². The smallest absolute Gasteiger partial charge is 0.249 e. The van der Waals surface area contributed by atoms with Gasteiger partial charge < -0.3 is 10.1 Å². The molecule has 0 radical (unpaired) electrons. The molecule has 2 aliphatic rings. The fraction of sp³-hybridized carbons (Fsp3) is 0.900. The van der Waals surface area contributed by atoms with Crippen LogP contribution in [0.5, 0.6) is 0 Å². The van der Waals surface area contributed by atoms with Gasteiger partial charge in [0.25, 0.3) is 0 Å². The van der Waals surface area contributed by atoms with Gasteiger partial charge in [0.1, 0.15) is 6.10 Å². The molecule has 74 valence electrons. The van der Waals surface area contributed by atoms with E-state index in [0.29, 0.717) is 0 Å². The Labute approximate surface area is 78.8 Å². The van der Waals surface area contributed by atoms with Gasteiger partial charge in [-0.15, -0.1) is 0 Å². The molecule has 1 heterocycles. The molecule has 13 heavy (non-hydrogen) atoms. The molecule has 1 saturated heterocycles. The Morgan fingerprint density at radius 2 is 2.31 bits per heavy atom. The quantitative estimate of drug-likeness (QED) is 0.714. The van der Waals surface area contributed by atoms with E-state index in [0.717, 1.165) is 32.3 Å². The Hall–Kier alpha value is -0.570. The summed E-state index contributed by atoms with van der Waals surface area (Å²) in [4.78, 5) is 11.6. The van der Waals surface area contributed by atoms with Crippen LogP contribution in [-0.4, -0.2) is 24.2 Å². The molecule has 1 saturated carbocycles. The van der Waals surface area contributed by atoms with Crippen molar-refractivity contribution in [3.8, 4) is 0 Å². The van der Waals surface area contributed by atoms with Crippen molar-refractivity contribution in [2.24, 2.45) is 0 Å². The highest BCUT2D eigenvalue weighted by Crippen LogP contribution is 2.34. The summed E-state index contributed by atoms with van der Waals surface area (Å²) < 4.78 is 5.14. The second kappa shape index (κ2) is 3.29. The topological polar surface area (TPSA) is 38.3 Å². The summed E-state index contributed by atoms with van der Waals surface area (Å²) in [5, 5.41) is 3.12. The van der Waals surface area contributed by atoms with Crippen molar-refractivity contribution >= 4 is 5.91 Å². The third-order valence-electron chi connectivity index (χ3n) is 3.37. The number of rotatable bonds is 3.